The van der Waals surface area contributed by atoms with E-state index in [0.29, 0.717) is 15.2 Å². The van der Waals surface area contributed by atoms with Gasteiger partial charge in [-0.3, -0.25) is 0 Å². The van der Waals surface area contributed by atoms with Crippen molar-refractivity contribution in [1.82, 2.24) is 4.98 Å². The van der Waals surface area contributed by atoms with E-state index in [9.17, 15) is 0 Å². The summed E-state index contributed by atoms with van der Waals surface area (Å²) in [5.41, 5.74) is 0.996. The Morgan fingerprint density at radius 2 is 1.95 bits per heavy atom. The summed E-state index contributed by atoms with van der Waals surface area (Å²) in [6, 6.07) is 11.0. The smallest absolute Gasteiger partial charge is 0.131 e. The van der Waals surface area contributed by atoms with E-state index in [-0.39, 0.29) is 6.04 Å². The molecule has 0 aliphatic heterocycles. The van der Waals surface area contributed by atoms with Crippen molar-refractivity contribution >= 4 is 40.6 Å². The molecule has 1 atom stereocenters. The largest absolute Gasteiger partial charge is 0.363 e. The van der Waals surface area contributed by atoms with Gasteiger partial charge in [0.25, 0.3) is 0 Å². The summed E-state index contributed by atoms with van der Waals surface area (Å²) in [6.45, 7) is 2.08. The molecule has 0 saturated carbocycles. The number of benzene rings is 1. The van der Waals surface area contributed by atoms with E-state index >= 15 is 0 Å². The normalized spacial score (nSPS) is 12.2. The summed E-state index contributed by atoms with van der Waals surface area (Å²) < 4.78 is 0. The lowest BCUT2D eigenvalue weighted by molar-refractivity contribution is 0.745. The minimum atomic E-state index is 0.0655. The quantitative estimate of drug-likeness (QED) is 0.742. The Labute approximate surface area is 127 Å². The number of halogens is 3. The number of pyridine rings is 1. The maximum absolute atomic E-state index is 6.23. The van der Waals surface area contributed by atoms with Crippen molar-refractivity contribution in [3.8, 4) is 0 Å². The van der Waals surface area contributed by atoms with Crippen molar-refractivity contribution in [2.75, 3.05) is 5.32 Å². The van der Waals surface area contributed by atoms with Crippen LogP contribution in [0.5, 0.6) is 0 Å². The van der Waals surface area contributed by atoms with Gasteiger partial charge in [0.1, 0.15) is 11.0 Å². The molecule has 1 aromatic heterocycles. The van der Waals surface area contributed by atoms with E-state index < -0.39 is 0 Å². The highest BCUT2D eigenvalue weighted by molar-refractivity contribution is 6.35. The van der Waals surface area contributed by atoms with Crippen molar-refractivity contribution < 1.29 is 0 Å². The number of hydrogen-bond acceptors (Lipinski definition) is 2. The van der Waals surface area contributed by atoms with E-state index in [4.69, 9.17) is 34.8 Å². The molecule has 0 bridgehead atoms. The fourth-order valence-corrected chi connectivity index (χ4v) is 2.55. The Morgan fingerprint density at radius 3 is 2.58 bits per heavy atom. The van der Waals surface area contributed by atoms with Gasteiger partial charge < -0.3 is 5.32 Å². The molecule has 5 heteroatoms. The van der Waals surface area contributed by atoms with Crippen molar-refractivity contribution in [2.45, 2.75) is 19.4 Å². The van der Waals surface area contributed by atoms with Crippen LogP contribution in [0.15, 0.2) is 36.4 Å². The van der Waals surface area contributed by atoms with Crippen molar-refractivity contribution in [3.63, 3.8) is 0 Å². The molecule has 0 saturated heterocycles. The van der Waals surface area contributed by atoms with Crippen LogP contribution in [-0.2, 0) is 0 Å². The van der Waals surface area contributed by atoms with Gasteiger partial charge in [-0.05, 0) is 36.2 Å². The monoisotopic (exact) mass is 314 g/mol. The third kappa shape index (κ3) is 3.75. The molecule has 1 aromatic carbocycles. The van der Waals surface area contributed by atoms with Gasteiger partial charge in [0, 0.05) is 10.0 Å². The van der Waals surface area contributed by atoms with Gasteiger partial charge in [-0.2, -0.15) is 0 Å². The third-order valence-electron chi connectivity index (χ3n) is 2.78. The van der Waals surface area contributed by atoms with Gasteiger partial charge in [-0.15, -0.1) is 0 Å². The molecular formula is C14H13Cl3N2. The molecule has 2 rings (SSSR count). The summed E-state index contributed by atoms with van der Waals surface area (Å²) >= 11 is 18.0. The number of hydrogen-bond donors (Lipinski definition) is 1. The molecule has 0 aliphatic rings. The Kier molecular flexibility index (Phi) is 4.92. The van der Waals surface area contributed by atoms with Crippen molar-refractivity contribution in [2.24, 2.45) is 0 Å². The van der Waals surface area contributed by atoms with Crippen LogP contribution in [0.2, 0.25) is 15.2 Å². The number of aromatic nitrogens is 1. The van der Waals surface area contributed by atoms with Crippen molar-refractivity contribution in [3.05, 3.63) is 57.2 Å². The van der Waals surface area contributed by atoms with E-state index in [1.165, 1.54) is 0 Å². The minimum Gasteiger partial charge on any atom is -0.363 e. The SMILES string of the molecule is CCC(Nc1cccc(Cl)n1)c1ccc(Cl)cc1Cl. The molecule has 1 unspecified atom stereocenters. The molecule has 2 nitrogen and oxygen atoms in total. The fraction of sp³-hybridized carbons (Fsp3) is 0.214. The first-order chi connectivity index (χ1) is 9.10. The predicted octanol–water partition coefficient (Wildman–Crippen LogP) is 5.61. The second-order valence-electron chi connectivity index (χ2n) is 4.12. The van der Waals surface area contributed by atoms with Gasteiger partial charge in [-0.25, -0.2) is 4.98 Å². The number of anilines is 1. The lowest BCUT2D eigenvalue weighted by Gasteiger charge is -2.19. The van der Waals surface area contributed by atoms with Crippen LogP contribution in [-0.4, -0.2) is 4.98 Å². The first kappa shape index (κ1) is 14.4. The summed E-state index contributed by atoms with van der Waals surface area (Å²) in [7, 11) is 0. The maximum Gasteiger partial charge on any atom is 0.131 e. The molecule has 2 aromatic rings. The Bertz CT molecular complexity index is 572. The van der Waals surface area contributed by atoms with Gasteiger partial charge in [-0.1, -0.05) is 53.9 Å². The van der Waals surface area contributed by atoms with E-state index in [0.717, 1.165) is 17.8 Å². The second kappa shape index (κ2) is 6.47. The highest BCUT2D eigenvalue weighted by Gasteiger charge is 2.13. The van der Waals surface area contributed by atoms with Gasteiger partial charge in [0.2, 0.25) is 0 Å². The average Bonchev–Trinajstić information content (AvgIpc) is 2.37. The van der Waals surface area contributed by atoms with Gasteiger partial charge in [0.15, 0.2) is 0 Å². The molecule has 1 heterocycles. The first-order valence-corrected chi connectivity index (χ1v) is 7.07. The molecule has 0 radical (unpaired) electrons. The van der Waals surface area contributed by atoms with Crippen LogP contribution in [0.4, 0.5) is 5.82 Å². The first-order valence-electron chi connectivity index (χ1n) is 5.94. The van der Waals surface area contributed by atoms with Crippen LogP contribution in [0.1, 0.15) is 24.9 Å². The van der Waals surface area contributed by atoms with E-state index in [2.05, 4.69) is 17.2 Å². The molecule has 100 valence electrons. The highest BCUT2D eigenvalue weighted by atomic mass is 35.5. The average molecular weight is 316 g/mol. The van der Waals surface area contributed by atoms with Crippen LogP contribution in [0.25, 0.3) is 0 Å². The second-order valence-corrected chi connectivity index (χ2v) is 5.35. The molecule has 0 aliphatic carbocycles. The summed E-state index contributed by atoms with van der Waals surface area (Å²) in [6.07, 6.45) is 0.871. The lowest BCUT2D eigenvalue weighted by Crippen LogP contribution is -2.11. The predicted molar refractivity (Wildman–Crippen MR) is 82.4 cm³/mol. The molecule has 19 heavy (non-hydrogen) atoms. The zero-order chi connectivity index (χ0) is 13.8. The molecule has 0 spiro atoms. The summed E-state index contributed by atoms with van der Waals surface area (Å²) in [5.74, 6) is 0.727. The minimum absolute atomic E-state index is 0.0655. The zero-order valence-electron chi connectivity index (χ0n) is 10.3. The van der Waals surface area contributed by atoms with Crippen LogP contribution in [0, 0.1) is 0 Å². The Morgan fingerprint density at radius 1 is 1.16 bits per heavy atom. The Balaban J connectivity index is 2.25. The fourth-order valence-electron chi connectivity index (χ4n) is 1.85. The van der Waals surface area contributed by atoms with E-state index in [1.807, 2.05) is 24.3 Å². The Hall–Kier alpha value is -0.960. The van der Waals surface area contributed by atoms with Crippen molar-refractivity contribution in [1.29, 1.82) is 0 Å². The van der Waals surface area contributed by atoms with Gasteiger partial charge >= 0.3 is 0 Å². The van der Waals surface area contributed by atoms with Crippen LogP contribution < -0.4 is 5.32 Å². The number of rotatable bonds is 4. The van der Waals surface area contributed by atoms with Gasteiger partial charge in [0.05, 0.1) is 6.04 Å². The zero-order valence-corrected chi connectivity index (χ0v) is 12.6. The topological polar surface area (TPSA) is 24.9 Å². The molecule has 0 amide bonds. The lowest BCUT2D eigenvalue weighted by atomic mass is 10.0. The maximum atomic E-state index is 6.23. The molecular weight excluding hydrogens is 303 g/mol. The van der Waals surface area contributed by atoms with Crippen LogP contribution >= 0.6 is 34.8 Å². The van der Waals surface area contributed by atoms with E-state index in [1.54, 1.807) is 12.1 Å². The standard InChI is InChI=1S/C14H13Cl3N2/c1-2-12(10-7-6-9(15)8-11(10)16)18-14-5-3-4-13(17)19-14/h3-8,12H,2H2,1H3,(H,18,19). The number of nitrogens with zero attached hydrogens (tertiary/aromatic N) is 1. The van der Waals surface area contributed by atoms with Crippen LogP contribution in [0.3, 0.4) is 0 Å². The highest BCUT2D eigenvalue weighted by Crippen LogP contribution is 2.30. The molecule has 1 N–H and O–H groups in total. The molecule has 0 fully saturated rings. The summed E-state index contributed by atoms with van der Waals surface area (Å²) in [5, 5.41) is 5.06. The third-order valence-corrected chi connectivity index (χ3v) is 3.56. The summed E-state index contributed by atoms with van der Waals surface area (Å²) in [4.78, 5) is 4.22. The number of nitrogens with one attached hydrogen (secondary N) is 1.